The van der Waals surface area contributed by atoms with Crippen LogP contribution in [0.3, 0.4) is 0 Å². The van der Waals surface area contributed by atoms with E-state index in [0.717, 1.165) is 43.5 Å². The first-order chi connectivity index (χ1) is 9.39. The number of likely N-dealkylation sites (N-methyl/N-ethyl adjacent to an activating group) is 1. The molecule has 0 aromatic carbocycles. The number of rotatable bonds is 4. The van der Waals surface area contributed by atoms with Gasteiger partial charge in [0.05, 0.1) is 12.3 Å². The third-order valence-electron chi connectivity index (χ3n) is 3.56. The van der Waals surface area contributed by atoms with E-state index in [4.69, 9.17) is 9.72 Å². The normalized spacial score (nSPS) is 21.4. The van der Waals surface area contributed by atoms with E-state index in [1.165, 1.54) is 4.88 Å². The van der Waals surface area contributed by atoms with Gasteiger partial charge in [0.15, 0.2) is 0 Å². The molecule has 1 aliphatic heterocycles. The lowest BCUT2D eigenvalue weighted by atomic mass is 10.1. The fraction of sp³-hybridized carbons (Fsp3) is 0.800. The molecule has 1 saturated heterocycles. The van der Waals surface area contributed by atoms with Crippen LogP contribution in [0.2, 0.25) is 0 Å². The van der Waals surface area contributed by atoms with E-state index in [1.807, 2.05) is 0 Å². The molecule has 2 heterocycles. The first-order valence-corrected chi connectivity index (χ1v) is 8.26. The fourth-order valence-electron chi connectivity index (χ4n) is 2.24. The summed E-state index contributed by atoms with van der Waals surface area (Å²) < 4.78 is 5.90. The van der Waals surface area contributed by atoms with Crippen LogP contribution in [-0.4, -0.2) is 41.7 Å². The first kappa shape index (κ1) is 15.9. The van der Waals surface area contributed by atoms with E-state index < -0.39 is 0 Å². The maximum absolute atomic E-state index is 5.90. The van der Waals surface area contributed by atoms with Crippen molar-refractivity contribution >= 4 is 11.3 Å². The van der Waals surface area contributed by atoms with Gasteiger partial charge in [0, 0.05) is 30.1 Å². The van der Waals surface area contributed by atoms with Gasteiger partial charge in [0.25, 0.3) is 0 Å². The summed E-state index contributed by atoms with van der Waals surface area (Å²) >= 11 is 1.79. The number of aromatic nitrogens is 1. The summed E-state index contributed by atoms with van der Waals surface area (Å²) in [6, 6.07) is 0. The van der Waals surface area contributed by atoms with E-state index in [1.54, 1.807) is 11.3 Å². The summed E-state index contributed by atoms with van der Waals surface area (Å²) in [7, 11) is 0. The Morgan fingerprint density at radius 1 is 1.45 bits per heavy atom. The molecule has 114 valence electrons. The van der Waals surface area contributed by atoms with Crippen LogP contribution in [0.15, 0.2) is 0 Å². The smallest absolute Gasteiger partial charge is 0.123 e. The molecule has 2 rings (SSSR count). The number of ether oxygens (including phenoxy) is 1. The van der Waals surface area contributed by atoms with Gasteiger partial charge >= 0.3 is 0 Å². The van der Waals surface area contributed by atoms with Gasteiger partial charge in [-0.3, -0.25) is 4.90 Å². The van der Waals surface area contributed by atoms with Crippen LogP contribution < -0.4 is 5.32 Å². The minimum Gasteiger partial charge on any atom is -0.368 e. The Labute approximate surface area is 126 Å². The predicted octanol–water partition coefficient (Wildman–Crippen LogP) is 2.73. The van der Waals surface area contributed by atoms with E-state index in [2.05, 4.69) is 44.8 Å². The largest absolute Gasteiger partial charge is 0.368 e. The Morgan fingerprint density at radius 3 is 2.85 bits per heavy atom. The third kappa shape index (κ3) is 4.25. The highest BCUT2D eigenvalue weighted by molar-refractivity contribution is 7.11. The van der Waals surface area contributed by atoms with Crippen molar-refractivity contribution in [2.75, 3.05) is 26.2 Å². The zero-order valence-corrected chi connectivity index (χ0v) is 14.1. The number of hydrogen-bond donors (Lipinski definition) is 1. The topological polar surface area (TPSA) is 37.4 Å². The summed E-state index contributed by atoms with van der Waals surface area (Å²) in [5, 5.41) is 4.67. The van der Waals surface area contributed by atoms with Gasteiger partial charge in [-0.1, -0.05) is 6.92 Å². The lowest BCUT2D eigenvalue weighted by Gasteiger charge is -2.30. The van der Waals surface area contributed by atoms with E-state index >= 15 is 0 Å². The highest BCUT2D eigenvalue weighted by Gasteiger charge is 2.24. The Hall–Kier alpha value is -0.490. The van der Waals surface area contributed by atoms with Gasteiger partial charge in [-0.2, -0.15) is 0 Å². The van der Waals surface area contributed by atoms with Crippen LogP contribution in [0.5, 0.6) is 0 Å². The zero-order chi connectivity index (χ0) is 14.8. The van der Waals surface area contributed by atoms with Gasteiger partial charge in [0.1, 0.15) is 11.1 Å². The molecule has 0 aliphatic carbocycles. The maximum Gasteiger partial charge on any atom is 0.123 e. The molecule has 1 unspecified atom stereocenters. The molecule has 1 aromatic rings. The molecule has 5 heteroatoms. The third-order valence-corrected chi connectivity index (χ3v) is 4.81. The molecule has 0 saturated carbocycles. The second-order valence-electron chi connectivity index (χ2n) is 6.42. The lowest BCUT2D eigenvalue weighted by Crippen LogP contribution is -2.38. The average molecular weight is 297 g/mol. The van der Waals surface area contributed by atoms with Crippen molar-refractivity contribution in [1.29, 1.82) is 0 Å². The molecule has 1 aliphatic rings. The van der Waals surface area contributed by atoms with Gasteiger partial charge in [-0.05, 0) is 34.2 Å². The summed E-state index contributed by atoms with van der Waals surface area (Å²) in [6.45, 7) is 15.7. The van der Waals surface area contributed by atoms with Gasteiger partial charge < -0.3 is 10.1 Å². The SMILES string of the molecule is CCN1CCOC(c2nc(C)c(CNC(C)(C)C)s2)C1. The van der Waals surface area contributed by atoms with Crippen molar-refractivity contribution in [2.24, 2.45) is 0 Å². The highest BCUT2D eigenvalue weighted by atomic mass is 32.1. The summed E-state index contributed by atoms with van der Waals surface area (Å²) in [6.07, 6.45) is 0.149. The van der Waals surface area contributed by atoms with Gasteiger partial charge in [0.2, 0.25) is 0 Å². The molecule has 0 bridgehead atoms. The second-order valence-corrected chi connectivity index (χ2v) is 7.53. The van der Waals surface area contributed by atoms with E-state index in [-0.39, 0.29) is 11.6 Å². The molecule has 1 N–H and O–H groups in total. The molecule has 1 fully saturated rings. The standard InChI is InChI=1S/C15H27N3OS/c1-6-18-7-8-19-12(10-18)14-17-11(2)13(20-14)9-16-15(3,4)5/h12,16H,6-10H2,1-5H3. The average Bonchev–Trinajstić information content (AvgIpc) is 2.77. The van der Waals surface area contributed by atoms with E-state index in [9.17, 15) is 0 Å². The van der Waals surface area contributed by atoms with Crippen molar-refractivity contribution in [3.63, 3.8) is 0 Å². The molecule has 4 nitrogen and oxygen atoms in total. The van der Waals surface area contributed by atoms with Crippen molar-refractivity contribution in [3.05, 3.63) is 15.6 Å². The molecule has 1 aromatic heterocycles. The Morgan fingerprint density at radius 2 is 2.20 bits per heavy atom. The number of morpholine rings is 1. The predicted molar refractivity (Wildman–Crippen MR) is 84.3 cm³/mol. The van der Waals surface area contributed by atoms with Crippen molar-refractivity contribution in [3.8, 4) is 0 Å². The molecule has 0 spiro atoms. The number of hydrogen-bond acceptors (Lipinski definition) is 5. The van der Waals surface area contributed by atoms with Crippen molar-refractivity contribution < 1.29 is 4.74 Å². The van der Waals surface area contributed by atoms with Crippen LogP contribution in [0, 0.1) is 6.92 Å². The molecule has 20 heavy (non-hydrogen) atoms. The Kier molecular flexibility index (Phi) is 5.18. The van der Waals surface area contributed by atoms with Crippen LogP contribution in [0.4, 0.5) is 0 Å². The number of nitrogens with zero attached hydrogens (tertiary/aromatic N) is 2. The van der Waals surface area contributed by atoms with Crippen LogP contribution >= 0.6 is 11.3 Å². The number of thiazole rings is 1. The molecular formula is C15H27N3OS. The molecule has 0 radical (unpaired) electrons. The fourth-order valence-corrected chi connectivity index (χ4v) is 3.28. The molecule has 0 amide bonds. The summed E-state index contributed by atoms with van der Waals surface area (Å²) in [5.74, 6) is 0. The molecular weight excluding hydrogens is 270 g/mol. The van der Waals surface area contributed by atoms with Crippen molar-refractivity contribution in [2.45, 2.75) is 52.8 Å². The number of aryl methyl sites for hydroxylation is 1. The monoisotopic (exact) mass is 297 g/mol. The summed E-state index contributed by atoms with van der Waals surface area (Å²) in [5.41, 5.74) is 1.27. The highest BCUT2D eigenvalue weighted by Crippen LogP contribution is 2.28. The quantitative estimate of drug-likeness (QED) is 0.927. The van der Waals surface area contributed by atoms with Crippen LogP contribution in [0.1, 0.15) is 49.4 Å². The van der Waals surface area contributed by atoms with Crippen LogP contribution in [-0.2, 0) is 11.3 Å². The van der Waals surface area contributed by atoms with Gasteiger partial charge in [-0.25, -0.2) is 4.98 Å². The van der Waals surface area contributed by atoms with Crippen molar-refractivity contribution in [1.82, 2.24) is 15.2 Å². The number of nitrogens with one attached hydrogen (secondary N) is 1. The molecule has 1 atom stereocenters. The Balaban J connectivity index is 2.03. The minimum absolute atomic E-state index is 0.136. The Bertz CT molecular complexity index is 439. The van der Waals surface area contributed by atoms with Gasteiger partial charge in [-0.15, -0.1) is 11.3 Å². The first-order valence-electron chi connectivity index (χ1n) is 7.44. The van der Waals surface area contributed by atoms with E-state index in [0.29, 0.717) is 0 Å². The zero-order valence-electron chi connectivity index (χ0n) is 13.3. The minimum atomic E-state index is 0.136. The maximum atomic E-state index is 5.90. The lowest BCUT2D eigenvalue weighted by molar-refractivity contribution is -0.0282. The summed E-state index contributed by atoms with van der Waals surface area (Å²) in [4.78, 5) is 8.49. The van der Waals surface area contributed by atoms with Crippen LogP contribution in [0.25, 0.3) is 0 Å². The second kappa shape index (κ2) is 6.52.